The Kier molecular flexibility index (Phi) is 5.89. The summed E-state index contributed by atoms with van der Waals surface area (Å²) in [6, 6.07) is 0.396. The summed E-state index contributed by atoms with van der Waals surface area (Å²) in [5.41, 5.74) is 0. The van der Waals surface area contributed by atoms with E-state index in [1.807, 2.05) is 4.90 Å². The molecule has 3 fully saturated rings. The minimum Gasteiger partial charge on any atom is -0.356 e. The van der Waals surface area contributed by atoms with E-state index in [1.54, 1.807) is 0 Å². The van der Waals surface area contributed by atoms with Crippen molar-refractivity contribution < 1.29 is 9.59 Å². The maximum absolute atomic E-state index is 12.3. The van der Waals surface area contributed by atoms with E-state index in [4.69, 9.17) is 0 Å². The van der Waals surface area contributed by atoms with Crippen molar-refractivity contribution >= 4 is 11.8 Å². The molecule has 0 aromatic rings. The van der Waals surface area contributed by atoms with E-state index in [0.717, 1.165) is 58.5 Å². The van der Waals surface area contributed by atoms with Gasteiger partial charge >= 0.3 is 0 Å². The molecule has 0 spiro atoms. The summed E-state index contributed by atoms with van der Waals surface area (Å²) >= 11 is 0. The molecule has 1 atom stereocenters. The number of nitrogens with zero attached hydrogens (tertiary/aromatic N) is 2. The molecule has 23 heavy (non-hydrogen) atoms. The van der Waals surface area contributed by atoms with Crippen LogP contribution in [0.4, 0.5) is 0 Å². The predicted molar refractivity (Wildman–Crippen MR) is 89.0 cm³/mol. The van der Waals surface area contributed by atoms with Crippen molar-refractivity contribution in [2.24, 2.45) is 5.92 Å². The number of hydrogen-bond donors (Lipinski definition) is 2. The van der Waals surface area contributed by atoms with Crippen LogP contribution in [-0.2, 0) is 9.59 Å². The molecule has 0 radical (unpaired) electrons. The van der Waals surface area contributed by atoms with Crippen LogP contribution < -0.4 is 10.6 Å². The first-order chi connectivity index (χ1) is 11.2. The highest BCUT2D eigenvalue weighted by molar-refractivity contribution is 5.89. The smallest absolute Gasteiger partial charge is 0.225 e. The lowest BCUT2D eigenvalue weighted by atomic mass is 10.1. The van der Waals surface area contributed by atoms with Gasteiger partial charge in [0.05, 0.1) is 5.92 Å². The molecule has 2 saturated heterocycles. The minimum absolute atomic E-state index is 0.0687. The maximum atomic E-state index is 12.3. The Hall–Kier alpha value is -1.14. The molecule has 3 rings (SSSR count). The lowest BCUT2D eigenvalue weighted by Gasteiger charge is -2.27. The number of carbonyl (C=O) groups is 2. The van der Waals surface area contributed by atoms with Gasteiger partial charge in [-0.2, -0.15) is 0 Å². The van der Waals surface area contributed by atoms with Gasteiger partial charge < -0.3 is 20.4 Å². The Morgan fingerprint density at radius 2 is 1.96 bits per heavy atom. The fourth-order valence-corrected chi connectivity index (χ4v) is 4.07. The van der Waals surface area contributed by atoms with E-state index in [0.29, 0.717) is 19.0 Å². The van der Waals surface area contributed by atoms with Gasteiger partial charge in [-0.1, -0.05) is 12.8 Å². The number of hydrogen-bond acceptors (Lipinski definition) is 4. The van der Waals surface area contributed by atoms with Crippen LogP contribution in [0.3, 0.4) is 0 Å². The lowest BCUT2D eigenvalue weighted by Crippen LogP contribution is -2.44. The van der Waals surface area contributed by atoms with Crippen molar-refractivity contribution in [3.63, 3.8) is 0 Å². The van der Waals surface area contributed by atoms with Crippen molar-refractivity contribution in [1.82, 2.24) is 20.4 Å². The van der Waals surface area contributed by atoms with Crippen LogP contribution >= 0.6 is 0 Å². The van der Waals surface area contributed by atoms with E-state index in [-0.39, 0.29) is 17.7 Å². The predicted octanol–water partition coefficient (Wildman–Crippen LogP) is 0.189. The Bertz CT molecular complexity index is 417. The van der Waals surface area contributed by atoms with Crippen molar-refractivity contribution in [1.29, 1.82) is 0 Å². The van der Waals surface area contributed by atoms with Crippen LogP contribution in [0.25, 0.3) is 0 Å². The third-order valence-electron chi connectivity index (χ3n) is 5.45. The number of piperazine rings is 1. The first kappa shape index (κ1) is 16.7. The summed E-state index contributed by atoms with van der Waals surface area (Å²) in [7, 11) is 0. The number of carbonyl (C=O) groups excluding carboxylic acids is 2. The first-order valence-corrected chi connectivity index (χ1v) is 9.24. The summed E-state index contributed by atoms with van der Waals surface area (Å²) in [6.45, 7) is 6.72. The molecule has 1 unspecified atom stereocenters. The summed E-state index contributed by atoms with van der Waals surface area (Å²) < 4.78 is 0. The molecule has 6 nitrogen and oxygen atoms in total. The second kappa shape index (κ2) is 8.11. The first-order valence-electron chi connectivity index (χ1n) is 9.24. The second-order valence-corrected chi connectivity index (χ2v) is 7.12. The number of rotatable bonds is 6. The molecule has 0 bridgehead atoms. The number of nitrogens with one attached hydrogen (secondary N) is 2. The van der Waals surface area contributed by atoms with E-state index < -0.39 is 0 Å². The summed E-state index contributed by atoms with van der Waals surface area (Å²) in [5.74, 6) is 0.110. The van der Waals surface area contributed by atoms with Gasteiger partial charge in [-0.15, -0.1) is 0 Å². The quantitative estimate of drug-likeness (QED) is 0.685. The monoisotopic (exact) mass is 322 g/mol. The average molecular weight is 322 g/mol. The average Bonchev–Trinajstić information content (AvgIpc) is 3.21. The molecule has 1 aliphatic carbocycles. The summed E-state index contributed by atoms with van der Waals surface area (Å²) in [5, 5.41) is 6.38. The minimum atomic E-state index is -0.137. The molecular formula is C17H30N4O2. The Balaban J connectivity index is 1.34. The summed E-state index contributed by atoms with van der Waals surface area (Å²) in [4.78, 5) is 28.8. The van der Waals surface area contributed by atoms with Gasteiger partial charge in [-0.05, 0) is 25.8 Å². The van der Waals surface area contributed by atoms with Gasteiger partial charge in [-0.3, -0.25) is 9.59 Å². The SMILES string of the molecule is O=C(NCCCN1CCNCC1)C1CC(=O)N(C2CCCC2)C1. The van der Waals surface area contributed by atoms with Crippen molar-refractivity contribution in [3.8, 4) is 0 Å². The molecule has 0 aromatic heterocycles. The fourth-order valence-electron chi connectivity index (χ4n) is 4.07. The van der Waals surface area contributed by atoms with Crippen LogP contribution in [0.2, 0.25) is 0 Å². The van der Waals surface area contributed by atoms with Gasteiger partial charge in [0.2, 0.25) is 11.8 Å². The summed E-state index contributed by atoms with van der Waals surface area (Å²) in [6.07, 6.45) is 6.06. The third kappa shape index (κ3) is 4.44. The van der Waals surface area contributed by atoms with Gasteiger partial charge in [0, 0.05) is 51.7 Å². The van der Waals surface area contributed by atoms with Crippen molar-refractivity contribution in [2.45, 2.75) is 44.6 Å². The van der Waals surface area contributed by atoms with E-state index in [9.17, 15) is 9.59 Å². The zero-order valence-corrected chi connectivity index (χ0v) is 14.1. The van der Waals surface area contributed by atoms with Crippen molar-refractivity contribution in [2.75, 3.05) is 45.8 Å². The molecule has 3 aliphatic rings. The van der Waals surface area contributed by atoms with Gasteiger partial charge in [-0.25, -0.2) is 0 Å². The van der Waals surface area contributed by atoms with Crippen LogP contribution in [0.1, 0.15) is 38.5 Å². The Labute approximate surface area is 139 Å². The zero-order valence-electron chi connectivity index (χ0n) is 14.1. The van der Waals surface area contributed by atoms with Crippen molar-refractivity contribution in [3.05, 3.63) is 0 Å². The Morgan fingerprint density at radius 1 is 1.22 bits per heavy atom. The van der Waals surface area contributed by atoms with E-state index in [1.165, 1.54) is 12.8 Å². The molecule has 2 heterocycles. The zero-order chi connectivity index (χ0) is 16.1. The van der Waals surface area contributed by atoms with Crippen LogP contribution in [0.15, 0.2) is 0 Å². The molecule has 2 aliphatic heterocycles. The van der Waals surface area contributed by atoms with Gasteiger partial charge in [0.1, 0.15) is 0 Å². The normalized spacial score (nSPS) is 26.9. The van der Waals surface area contributed by atoms with Crippen LogP contribution in [0.5, 0.6) is 0 Å². The lowest BCUT2D eigenvalue weighted by molar-refractivity contribution is -0.130. The largest absolute Gasteiger partial charge is 0.356 e. The maximum Gasteiger partial charge on any atom is 0.225 e. The molecule has 6 heteroatoms. The number of likely N-dealkylation sites (tertiary alicyclic amines) is 1. The fraction of sp³-hybridized carbons (Fsp3) is 0.882. The highest BCUT2D eigenvalue weighted by Gasteiger charge is 2.38. The third-order valence-corrected chi connectivity index (χ3v) is 5.45. The van der Waals surface area contributed by atoms with E-state index >= 15 is 0 Å². The molecule has 1 saturated carbocycles. The molecule has 2 amide bonds. The highest BCUT2D eigenvalue weighted by atomic mass is 16.2. The van der Waals surface area contributed by atoms with Crippen LogP contribution in [0, 0.1) is 5.92 Å². The van der Waals surface area contributed by atoms with Crippen LogP contribution in [-0.4, -0.2) is 73.5 Å². The van der Waals surface area contributed by atoms with Gasteiger partial charge in [0.25, 0.3) is 0 Å². The topological polar surface area (TPSA) is 64.7 Å². The van der Waals surface area contributed by atoms with Gasteiger partial charge in [0.15, 0.2) is 0 Å². The standard InChI is InChI=1S/C17H30N4O2/c22-16-12-14(13-21(16)15-4-1-2-5-15)17(23)19-6-3-9-20-10-7-18-8-11-20/h14-15,18H,1-13H2,(H,19,23). The second-order valence-electron chi connectivity index (χ2n) is 7.12. The molecule has 130 valence electrons. The van der Waals surface area contributed by atoms with E-state index in [2.05, 4.69) is 15.5 Å². The number of amides is 2. The molecule has 2 N–H and O–H groups in total. The molecule has 0 aromatic carbocycles. The Morgan fingerprint density at radius 3 is 2.70 bits per heavy atom. The molecular weight excluding hydrogens is 292 g/mol. The highest BCUT2D eigenvalue weighted by Crippen LogP contribution is 2.29.